The highest BCUT2D eigenvalue weighted by molar-refractivity contribution is 6.03. The van der Waals surface area contributed by atoms with E-state index in [-0.39, 0.29) is 22.6 Å². The Morgan fingerprint density at radius 1 is 1.07 bits per heavy atom. The van der Waals surface area contributed by atoms with Gasteiger partial charge in [-0.05, 0) is 61.1 Å². The van der Waals surface area contributed by atoms with E-state index in [9.17, 15) is 28.3 Å². The minimum atomic E-state index is -4.78. The van der Waals surface area contributed by atoms with Crippen LogP contribution in [0.15, 0.2) is 78.9 Å². The molecule has 0 aliphatic rings. The maximum Gasteiger partial charge on any atom is 0.435 e. The molecule has 0 fully saturated rings. The summed E-state index contributed by atoms with van der Waals surface area (Å²) in [6, 6.07) is 22.4. The van der Waals surface area contributed by atoms with Crippen LogP contribution < -0.4 is 10.6 Å². The lowest BCUT2D eigenvalue weighted by Gasteiger charge is -2.17. The highest BCUT2D eigenvalue weighted by atomic mass is 19.4. The van der Waals surface area contributed by atoms with Crippen molar-refractivity contribution in [3.63, 3.8) is 0 Å². The van der Waals surface area contributed by atoms with E-state index in [0.29, 0.717) is 17.2 Å². The zero-order valence-corrected chi connectivity index (χ0v) is 22.5. The van der Waals surface area contributed by atoms with Gasteiger partial charge in [0.25, 0.3) is 5.91 Å². The molecule has 8 nitrogen and oxygen atoms in total. The second-order valence-corrected chi connectivity index (χ2v) is 9.55. The lowest BCUT2D eigenvalue weighted by Crippen LogP contribution is -2.26. The highest BCUT2D eigenvalue weighted by Crippen LogP contribution is 2.30. The number of carbonyl (C=O) groups excluding carboxylic acids is 1. The van der Waals surface area contributed by atoms with Gasteiger partial charge in [-0.25, -0.2) is 4.68 Å². The number of aromatic nitrogens is 2. The molecule has 1 amide bonds. The number of nitrogens with zero attached hydrogens (tertiary/aromatic N) is 4. The van der Waals surface area contributed by atoms with Crippen molar-refractivity contribution in [3.8, 4) is 11.8 Å². The van der Waals surface area contributed by atoms with Gasteiger partial charge in [0.15, 0.2) is 5.69 Å². The van der Waals surface area contributed by atoms with Crippen molar-refractivity contribution in [2.24, 2.45) is 0 Å². The summed E-state index contributed by atoms with van der Waals surface area (Å²) >= 11 is 0. The predicted octanol–water partition coefficient (Wildman–Crippen LogP) is 4.75. The maximum absolute atomic E-state index is 13.5. The molecule has 0 radical (unpaired) electrons. The number of carbonyl (C=O) groups is 1. The highest BCUT2D eigenvalue weighted by Gasteiger charge is 2.36. The molecule has 0 aliphatic heterocycles. The van der Waals surface area contributed by atoms with Crippen molar-refractivity contribution < 1.29 is 23.1 Å². The second-order valence-electron chi connectivity index (χ2n) is 9.55. The summed E-state index contributed by atoms with van der Waals surface area (Å²) in [5.74, 6) is -0.839. The average molecular weight is 563 g/mol. The number of hydrogen-bond acceptors (Lipinski definition) is 6. The quantitative estimate of drug-likeness (QED) is 0.258. The summed E-state index contributed by atoms with van der Waals surface area (Å²) in [7, 11) is 3.93. The monoisotopic (exact) mass is 562 g/mol. The van der Waals surface area contributed by atoms with E-state index in [0.717, 1.165) is 29.9 Å². The average Bonchev–Trinajstić information content (AvgIpc) is 3.43. The Morgan fingerprint density at radius 3 is 2.49 bits per heavy atom. The normalized spacial score (nSPS) is 12.2. The summed E-state index contributed by atoms with van der Waals surface area (Å²) in [5, 5.41) is 29.5. The molecule has 0 saturated carbocycles. The number of aliphatic hydroxyl groups excluding tert-OH is 1. The topological polar surface area (TPSA) is 106 Å². The van der Waals surface area contributed by atoms with Crippen LogP contribution in [0.5, 0.6) is 0 Å². The first-order valence-corrected chi connectivity index (χ1v) is 12.8. The number of rotatable bonds is 10. The third-order valence-electron chi connectivity index (χ3n) is 6.40. The SMILES string of the molecule is CNCCN(C)Cc1ccc(C(O)c2cccc(NC(=O)c3cc(C(F)(F)F)nn3-c3cccc(C#N)c3)c2)cc1. The van der Waals surface area contributed by atoms with Crippen LogP contribution in [-0.4, -0.2) is 52.9 Å². The van der Waals surface area contributed by atoms with Crippen molar-refractivity contribution in [2.45, 2.75) is 18.8 Å². The molecule has 1 aromatic heterocycles. The largest absolute Gasteiger partial charge is 0.435 e. The third-order valence-corrected chi connectivity index (χ3v) is 6.40. The van der Waals surface area contributed by atoms with Crippen LogP contribution in [-0.2, 0) is 12.7 Å². The van der Waals surface area contributed by atoms with Crippen molar-refractivity contribution in [1.82, 2.24) is 20.0 Å². The van der Waals surface area contributed by atoms with Gasteiger partial charge in [0.1, 0.15) is 11.8 Å². The Labute approximate surface area is 235 Å². The van der Waals surface area contributed by atoms with Gasteiger partial charge in [0.05, 0.1) is 17.3 Å². The minimum Gasteiger partial charge on any atom is -0.384 e. The number of aliphatic hydroxyl groups is 1. The fourth-order valence-corrected chi connectivity index (χ4v) is 4.26. The zero-order valence-electron chi connectivity index (χ0n) is 22.5. The number of amides is 1. The van der Waals surface area contributed by atoms with Crippen LogP contribution in [0.1, 0.15) is 44.5 Å². The predicted molar refractivity (Wildman–Crippen MR) is 148 cm³/mol. The lowest BCUT2D eigenvalue weighted by molar-refractivity contribution is -0.141. The van der Waals surface area contributed by atoms with Crippen LogP contribution in [0.4, 0.5) is 18.9 Å². The van der Waals surface area contributed by atoms with E-state index in [1.807, 2.05) is 44.4 Å². The van der Waals surface area contributed by atoms with E-state index in [1.54, 1.807) is 24.3 Å². The maximum atomic E-state index is 13.5. The first-order chi connectivity index (χ1) is 19.6. The third kappa shape index (κ3) is 7.37. The van der Waals surface area contributed by atoms with E-state index in [1.165, 1.54) is 24.3 Å². The van der Waals surface area contributed by atoms with E-state index >= 15 is 0 Å². The molecule has 212 valence electrons. The molecule has 0 bridgehead atoms. The molecule has 4 aromatic rings. The summed E-state index contributed by atoms with van der Waals surface area (Å²) in [5.41, 5.74) is 1.24. The number of likely N-dealkylation sites (N-methyl/N-ethyl adjacent to an activating group) is 2. The van der Waals surface area contributed by atoms with E-state index in [2.05, 4.69) is 20.6 Å². The Hall–Kier alpha value is -4.50. The summed E-state index contributed by atoms with van der Waals surface area (Å²) < 4.78 is 41.3. The lowest BCUT2D eigenvalue weighted by atomic mass is 10.00. The number of nitrogens with one attached hydrogen (secondary N) is 2. The summed E-state index contributed by atoms with van der Waals surface area (Å²) in [6.45, 7) is 2.53. The van der Waals surface area contributed by atoms with Crippen LogP contribution in [0.3, 0.4) is 0 Å². The van der Waals surface area contributed by atoms with Crippen LogP contribution in [0.25, 0.3) is 5.69 Å². The summed E-state index contributed by atoms with van der Waals surface area (Å²) in [6.07, 6.45) is -5.77. The van der Waals surface area contributed by atoms with Gasteiger partial charge in [-0.15, -0.1) is 0 Å². The fourth-order valence-electron chi connectivity index (χ4n) is 4.26. The van der Waals surface area contributed by atoms with Gasteiger partial charge in [-0.2, -0.15) is 23.5 Å². The molecule has 3 N–H and O–H groups in total. The zero-order chi connectivity index (χ0) is 29.6. The van der Waals surface area contributed by atoms with Crippen LogP contribution in [0.2, 0.25) is 0 Å². The smallest absolute Gasteiger partial charge is 0.384 e. The number of halogens is 3. The van der Waals surface area contributed by atoms with Gasteiger partial charge >= 0.3 is 6.18 Å². The molecular weight excluding hydrogens is 533 g/mol. The number of benzene rings is 3. The van der Waals surface area contributed by atoms with Crippen molar-refractivity contribution >= 4 is 11.6 Å². The Morgan fingerprint density at radius 2 is 1.80 bits per heavy atom. The number of alkyl halides is 3. The first-order valence-electron chi connectivity index (χ1n) is 12.8. The van der Waals surface area contributed by atoms with Crippen LogP contribution >= 0.6 is 0 Å². The minimum absolute atomic E-state index is 0.130. The van der Waals surface area contributed by atoms with Gasteiger partial charge in [0.2, 0.25) is 0 Å². The number of hydrogen-bond donors (Lipinski definition) is 3. The molecule has 4 rings (SSSR count). The van der Waals surface area contributed by atoms with Gasteiger partial charge in [-0.1, -0.05) is 42.5 Å². The van der Waals surface area contributed by atoms with E-state index < -0.39 is 23.9 Å². The van der Waals surface area contributed by atoms with Gasteiger partial charge < -0.3 is 20.6 Å². The Kier molecular flexibility index (Phi) is 9.19. The molecule has 11 heteroatoms. The molecule has 1 atom stereocenters. The second kappa shape index (κ2) is 12.8. The molecule has 3 aromatic carbocycles. The Balaban J connectivity index is 1.54. The van der Waals surface area contributed by atoms with Gasteiger partial charge in [0, 0.05) is 31.4 Å². The molecule has 0 aliphatic carbocycles. The first kappa shape index (κ1) is 29.5. The fraction of sp³-hybridized carbons (Fsp3) is 0.233. The Bertz CT molecular complexity index is 1540. The summed E-state index contributed by atoms with van der Waals surface area (Å²) in [4.78, 5) is 15.3. The molecule has 0 saturated heterocycles. The number of anilines is 1. The van der Waals surface area contributed by atoms with Gasteiger partial charge in [-0.3, -0.25) is 4.79 Å². The molecule has 1 unspecified atom stereocenters. The number of nitriles is 1. The van der Waals surface area contributed by atoms with Crippen molar-refractivity contribution in [2.75, 3.05) is 32.5 Å². The molecule has 1 heterocycles. The molecule has 0 spiro atoms. The molecular formula is C30H29F3N6O2. The van der Waals surface area contributed by atoms with Crippen molar-refractivity contribution in [1.29, 1.82) is 5.26 Å². The van der Waals surface area contributed by atoms with Crippen molar-refractivity contribution in [3.05, 3.63) is 113 Å². The van der Waals surface area contributed by atoms with E-state index in [4.69, 9.17) is 0 Å². The standard InChI is InChI=1S/C30H29F3N6O2/c1-35-13-14-38(2)19-20-9-11-22(12-10-20)28(40)23-6-4-7-24(16-23)36-29(41)26-17-27(30(31,32)33)37-39(26)25-8-3-5-21(15-25)18-34/h3-12,15-17,28,35,40H,13-14,19H2,1-2H3,(H,36,41). The van der Waals surface area contributed by atoms with Crippen LogP contribution in [0, 0.1) is 11.3 Å². The molecule has 41 heavy (non-hydrogen) atoms.